The number of imide groups is 1. The standard InChI is InChI=1S/C8H12N2O3/c11-6-5-3-9-2-1-4(5)7(12)10-8(6)13/h4-6,9,11H,1-3H2,(H,10,12,13). The van der Waals surface area contributed by atoms with Crippen molar-refractivity contribution in [3.8, 4) is 0 Å². The first-order chi connectivity index (χ1) is 6.20. The number of carbonyl (C=O) groups is 2. The second kappa shape index (κ2) is 3.08. The second-order valence-corrected chi connectivity index (χ2v) is 3.56. The number of aliphatic hydroxyl groups is 1. The van der Waals surface area contributed by atoms with Crippen molar-refractivity contribution in [1.29, 1.82) is 0 Å². The number of fused-ring (bicyclic) bond motifs is 1. The van der Waals surface area contributed by atoms with E-state index in [0.29, 0.717) is 13.0 Å². The molecule has 0 aromatic carbocycles. The molecule has 0 bridgehead atoms. The fraction of sp³-hybridized carbons (Fsp3) is 0.750. The summed E-state index contributed by atoms with van der Waals surface area (Å²) >= 11 is 0. The lowest BCUT2D eigenvalue weighted by Crippen LogP contribution is -2.59. The number of carbonyl (C=O) groups excluding carboxylic acids is 2. The van der Waals surface area contributed by atoms with Crippen molar-refractivity contribution < 1.29 is 14.7 Å². The van der Waals surface area contributed by atoms with Gasteiger partial charge in [-0.25, -0.2) is 0 Å². The first kappa shape index (κ1) is 8.65. The molecule has 0 saturated carbocycles. The maximum Gasteiger partial charge on any atom is 0.255 e. The van der Waals surface area contributed by atoms with Gasteiger partial charge in [-0.15, -0.1) is 0 Å². The van der Waals surface area contributed by atoms with E-state index in [2.05, 4.69) is 10.6 Å². The minimum Gasteiger partial charge on any atom is -0.383 e. The van der Waals surface area contributed by atoms with Crippen LogP contribution in [-0.2, 0) is 9.59 Å². The lowest BCUT2D eigenvalue weighted by atomic mass is 9.79. The van der Waals surface area contributed by atoms with Gasteiger partial charge in [0, 0.05) is 18.4 Å². The average Bonchev–Trinajstić information content (AvgIpc) is 2.15. The Balaban J connectivity index is 2.19. The van der Waals surface area contributed by atoms with Crippen LogP contribution in [0, 0.1) is 11.8 Å². The van der Waals surface area contributed by atoms with Gasteiger partial charge in [0.25, 0.3) is 5.91 Å². The molecule has 2 heterocycles. The molecule has 2 amide bonds. The third-order valence-corrected chi connectivity index (χ3v) is 2.79. The number of hydrogen-bond acceptors (Lipinski definition) is 4. The van der Waals surface area contributed by atoms with Crippen molar-refractivity contribution in [1.82, 2.24) is 10.6 Å². The van der Waals surface area contributed by atoms with Gasteiger partial charge in [-0.3, -0.25) is 14.9 Å². The molecule has 0 aromatic heterocycles. The number of hydrogen-bond donors (Lipinski definition) is 3. The predicted octanol–water partition coefficient (Wildman–Crippen LogP) is -1.77. The van der Waals surface area contributed by atoms with Gasteiger partial charge >= 0.3 is 0 Å². The van der Waals surface area contributed by atoms with Gasteiger partial charge < -0.3 is 10.4 Å². The maximum absolute atomic E-state index is 11.3. The molecule has 0 radical (unpaired) electrons. The van der Waals surface area contributed by atoms with Crippen molar-refractivity contribution in [2.75, 3.05) is 13.1 Å². The Morgan fingerprint density at radius 3 is 2.85 bits per heavy atom. The summed E-state index contributed by atoms with van der Waals surface area (Å²) in [5.74, 6) is -1.24. The molecule has 3 unspecified atom stereocenters. The van der Waals surface area contributed by atoms with Gasteiger partial charge in [-0.2, -0.15) is 0 Å². The van der Waals surface area contributed by atoms with Gasteiger partial charge in [0.15, 0.2) is 0 Å². The molecule has 0 aromatic rings. The number of rotatable bonds is 0. The Bertz CT molecular complexity index is 254. The fourth-order valence-electron chi connectivity index (χ4n) is 2.02. The average molecular weight is 184 g/mol. The molecule has 3 N–H and O–H groups in total. The quantitative estimate of drug-likeness (QED) is 0.389. The van der Waals surface area contributed by atoms with Crippen molar-refractivity contribution in [3.05, 3.63) is 0 Å². The molecule has 72 valence electrons. The smallest absolute Gasteiger partial charge is 0.255 e. The molecule has 2 saturated heterocycles. The van der Waals surface area contributed by atoms with E-state index in [4.69, 9.17) is 0 Å². The summed E-state index contributed by atoms with van der Waals surface area (Å²) in [5, 5.41) is 14.7. The third kappa shape index (κ3) is 1.34. The van der Waals surface area contributed by atoms with E-state index in [9.17, 15) is 14.7 Å². The zero-order valence-corrected chi connectivity index (χ0v) is 7.12. The summed E-state index contributed by atoms with van der Waals surface area (Å²) in [5.41, 5.74) is 0. The summed E-state index contributed by atoms with van der Waals surface area (Å²) < 4.78 is 0. The number of piperidine rings is 2. The van der Waals surface area contributed by atoms with E-state index in [1.807, 2.05) is 0 Å². The lowest BCUT2D eigenvalue weighted by Gasteiger charge is -2.37. The van der Waals surface area contributed by atoms with Crippen LogP contribution in [0.25, 0.3) is 0 Å². The van der Waals surface area contributed by atoms with E-state index < -0.39 is 12.0 Å². The maximum atomic E-state index is 11.3. The summed E-state index contributed by atoms with van der Waals surface area (Å²) in [6.07, 6.45) is -0.337. The topological polar surface area (TPSA) is 78.4 Å². The summed E-state index contributed by atoms with van der Waals surface area (Å²) in [6.45, 7) is 1.32. The number of amides is 2. The highest BCUT2D eigenvalue weighted by molar-refractivity contribution is 6.01. The lowest BCUT2D eigenvalue weighted by molar-refractivity contribution is -0.149. The molecule has 3 atom stereocenters. The predicted molar refractivity (Wildman–Crippen MR) is 43.6 cm³/mol. The highest BCUT2D eigenvalue weighted by Crippen LogP contribution is 2.25. The Morgan fingerprint density at radius 2 is 2.08 bits per heavy atom. The first-order valence-electron chi connectivity index (χ1n) is 4.43. The summed E-state index contributed by atoms with van der Waals surface area (Å²) in [4.78, 5) is 22.4. The minimum atomic E-state index is -1.03. The van der Waals surface area contributed by atoms with Crippen LogP contribution in [0.5, 0.6) is 0 Å². The SMILES string of the molecule is O=C1NC(=O)C2CCNCC2C1O. The van der Waals surface area contributed by atoms with Crippen LogP contribution in [0.1, 0.15) is 6.42 Å². The molecule has 2 aliphatic rings. The van der Waals surface area contributed by atoms with Crippen molar-refractivity contribution in [2.45, 2.75) is 12.5 Å². The summed E-state index contributed by atoms with van der Waals surface area (Å²) in [7, 11) is 0. The van der Waals surface area contributed by atoms with Gasteiger partial charge in [-0.05, 0) is 13.0 Å². The molecule has 5 heteroatoms. The molecule has 2 fully saturated rings. The van der Waals surface area contributed by atoms with Gasteiger partial charge in [-0.1, -0.05) is 0 Å². The van der Waals surface area contributed by atoms with Crippen LogP contribution >= 0.6 is 0 Å². The van der Waals surface area contributed by atoms with Gasteiger partial charge in [0.05, 0.1) is 0 Å². The van der Waals surface area contributed by atoms with E-state index in [1.165, 1.54) is 0 Å². The van der Waals surface area contributed by atoms with E-state index in [1.54, 1.807) is 0 Å². The van der Waals surface area contributed by atoms with E-state index in [-0.39, 0.29) is 17.7 Å². The van der Waals surface area contributed by atoms with Crippen LogP contribution in [-0.4, -0.2) is 36.1 Å². The second-order valence-electron chi connectivity index (χ2n) is 3.56. The normalized spacial score (nSPS) is 39.6. The minimum absolute atomic E-state index is 0.200. The highest BCUT2D eigenvalue weighted by Gasteiger charge is 2.43. The molecule has 2 rings (SSSR count). The zero-order valence-electron chi connectivity index (χ0n) is 7.12. The number of aliphatic hydroxyl groups excluding tert-OH is 1. The Labute approximate surface area is 75.5 Å². The zero-order chi connectivity index (χ0) is 9.42. The molecule has 0 spiro atoms. The molecule has 13 heavy (non-hydrogen) atoms. The van der Waals surface area contributed by atoms with Crippen LogP contribution in [0.4, 0.5) is 0 Å². The molecular formula is C8H12N2O3. The molecular weight excluding hydrogens is 172 g/mol. The van der Waals surface area contributed by atoms with Gasteiger partial charge in [0.1, 0.15) is 6.10 Å². The van der Waals surface area contributed by atoms with Crippen LogP contribution in [0.15, 0.2) is 0 Å². The van der Waals surface area contributed by atoms with Gasteiger partial charge in [0.2, 0.25) is 5.91 Å². The third-order valence-electron chi connectivity index (χ3n) is 2.79. The Hall–Kier alpha value is -0.940. The van der Waals surface area contributed by atoms with Crippen LogP contribution < -0.4 is 10.6 Å². The van der Waals surface area contributed by atoms with Crippen molar-refractivity contribution in [2.24, 2.45) is 11.8 Å². The fourth-order valence-corrected chi connectivity index (χ4v) is 2.02. The van der Waals surface area contributed by atoms with Crippen molar-refractivity contribution in [3.63, 3.8) is 0 Å². The monoisotopic (exact) mass is 184 g/mol. The Kier molecular flexibility index (Phi) is 2.05. The van der Waals surface area contributed by atoms with E-state index >= 15 is 0 Å². The van der Waals surface area contributed by atoms with E-state index in [0.717, 1.165) is 6.54 Å². The summed E-state index contributed by atoms with van der Waals surface area (Å²) in [6, 6.07) is 0. The van der Waals surface area contributed by atoms with Crippen molar-refractivity contribution >= 4 is 11.8 Å². The molecule has 2 aliphatic heterocycles. The van der Waals surface area contributed by atoms with Crippen LogP contribution in [0.2, 0.25) is 0 Å². The van der Waals surface area contributed by atoms with Crippen LogP contribution in [0.3, 0.4) is 0 Å². The number of nitrogens with one attached hydrogen (secondary N) is 2. The Morgan fingerprint density at radius 1 is 1.31 bits per heavy atom. The molecule has 0 aliphatic carbocycles. The molecule has 5 nitrogen and oxygen atoms in total. The highest BCUT2D eigenvalue weighted by atomic mass is 16.3. The first-order valence-corrected chi connectivity index (χ1v) is 4.43. The largest absolute Gasteiger partial charge is 0.383 e.